The number of benzene rings is 1. The number of rotatable bonds is 5. The number of amides is 1. The molecule has 2 N–H and O–H groups in total. The maximum absolute atomic E-state index is 12.3. The number of carbonyl (C=O) groups is 1. The van der Waals surface area contributed by atoms with E-state index in [-0.39, 0.29) is 5.57 Å². The van der Waals surface area contributed by atoms with Gasteiger partial charge in [-0.1, -0.05) is 25.1 Å². The van der Waals surface area contributed by atoms with Crippen LogP contribution in [-0.4, -0.2) is 15.9 Å². The number of nitrogens with zero attached hydrogens (tertiary/aromatic N) is 3. The molecular formula is C17H17N5O. The molecule has 0 saturated heterocycles. The Hall–Kier alpha value is -3.20. The van der Waals surface area contributed by atoms with Crippen molar-refractivity contribution in [2.24, 2.45) is 0 Å². The summed E-state index contributed by atoms with van der Waals surface area (Å²) in [6, 6.07) is 9.37. The highest BCUT2D eigenvalue weighted by atomic mass is 16.1. The zero-order chi connectivity index (χ0) is 16.7. The standard InChI is InChI=1S/C17H17N5O/c1-3-13-7-4-6-12(2)15(13)22-16(23)14(10-18)11-21-17-19-8-5-9-20-17/h4-9,11H,3H2,1-2H3,(H,22,23)(H,19,20,21)/b14-11-. The molecule has 0 radical (unpaired) electrons. The fourth-order valence-electron chi connectivity index (χ4n) is 2.04. The summed E-state index contributed by atoms with van der Waals surface area (Å²) < 4.78 is 0. The van der Waals surface area contributed by atoms with E-state index in [2.05, 4.69) is 20.6 Å². The summed E-state index contributed by atoms with van der Waals surface area (Å²) in [4.78, 5) is 20.2. The Bertz CT molecular complexity index is 762. The maximum Gasteiger partial charge on any atom is 0.267 e. The van der Waals surface area contributed by atoms with Crippen molar-refractivity contribution in [3.05, 3.63) is 59.6 Å². The average Bonchev–Trinajstić information content (AvgIpc) is 2.58. The number of nitrogens with one attached hydrogen (secondary N) is 2. The molecule has 1 aromatic heterocycles. The summed E-state index contributed by atoms with van der Waals surface area (Å²) >= 11 is 0. The second-order valence-electron chi connectivity index (χ2n) is 4.80. The number of aryl methyl sites for hydroxylation is 2. The summed E-state index contributed by atoms with van der Waals surface area (Å²) in [5.74, 6) is -0.155. The first-order valence-electron chi connectivity index (χ1n) is 7.19. The van der Waals surface area contributed by atoms with Gasteiger partial charge in [0, 0.05) is 24.3 Å². The molecule has 0 aliphatic rings. The number of nitriles is 1. The van der Waals surface area contributed by atoms with Crippen LogP contribution >= 0.6 is 0 Å². The normalized spacial score (nSPS) is 10.7. The van der Waals surface area contributed by atoms with Gasteiger partial charge in [-0.05, 0) is 30.5 Å². The fraction of sp³-hybridized carbons (Fsp3) is 0.176. The summed E-state index contributed by atoms with van der Waals surface area (Å²) in [6.45, 7) is 3.93. The van der Waals surface area contributed by atoms with Gasteiger partial charge >= 0.3 is 0 Å². The van der Waals surface area contributed by atoms with E-state index in [9.17, 15) is 10.1 Å². The molecule has 1 aromatic carbocycles. The van der Waals surface area contributed by atoms with Gasteiger partial charge in [-0.3, -0.25) is 4.79 Å². The Morgan fingerprint density at radius 3 is 2.70 bits per heavy atom. The van der Waals surface area contributed by atoms with E-state index >= 15 is 0 Å². The van der Waals surface area contributed by atoms with Gasteiger partial charge < -0.3 is 10.6 Å². The summed E-state index contributed by atoms with van der Waals surface area (Å²) in [5, 5.41) is 14.7. The highest BCUT2D eigenvalue weighted by Crippen LogP contribution is 2.21. The molecule has 116 valence electrons. The Morgan fingerprint density at radius 1 is 1.30 bits per heavy atom. The van der Waals surface area contributed by atoms with E-state index in [1.54, 1.807) is 18.5 Å². The maximum atomic E-state index is 12.3. The monoisotopic (exact) mass is 307 g/mol. The number of hydrogen-bond acceptors (Lipinski definition) is 5. The highest BCUT2D eigenvalue weighted by molar-refractivity contribution is 6.07. The van der Waals surface area contributed by atoms with Gasteiger partial charge in [-0.15, -0.1) is 0 Å². The van der Waals surface area contributed by atoms with Gasteiger partial charge in [-0.25, -0.2) is 9.97 Å². The number of para-hydroxylation sites is 1. The zero-order valence-corrected chi connectivity index (χ0v) is 13.0. The Morgan fingerprint density at radius 2 is 2.04 bits per heavy atom. The molecule has 2 aromatic rings. The fourth-order valence-corrected chi connectivity index (χ4v) is 2.04. The second-order valence-corrected chi connectivity index (χ2v) is 4.80. The Kier molecular flexibility index (Phi) is 5.42. The predicted octanol–water partition coefficient (Wildman–Crippen LogP) is 2.81. The van der Waals surface area contributed by atoms with Crippen LogP contribution in [0.5, 0.6) is 0 Å². The lowest BCUT2D eigenvalue weighted by molar-refractivity contribution is -0.112. The molecule has 6 heteroatoms. The molecule has 0 fully saturated rings. The van der Waals surface area contributed by atoms with Crippen LogP contribution < -0.4 is 10.6 Å². The molecule has 0 atom stereocenters. The molecule has 0 saturated carbocycles. The van der Waals surface area contributed by atoms with Crippen molar-refractivity contribution in [3.63, 3.8) is 0 Å². The van der Waals surface area contributed by atoms with Crippen LogP contribution in [0, 0.1) is 18.3 Å². The van der Waals surface area contributed by atoms with Crippen molar-refractivity contribution in [2.75, 3.05) is 10.6 Å². The molecule has 1 amide bonds. The lowest BCUT2D eigenvalue weighted by atomic mass is 10.1. The van der Waals surface area contributed by atoms with Crippen LogP contribution in [0.2, 0.25) is 0 Å². The van der Waals surface area contributed by atoms with Crippen LogP contribution in [0.15, 0.2) is 48.4 Å². The third kappa shape index (κ3) is 4.14. The van der Waals surface area contributed by atoms with E-state index in [4.69, 9.17) is 0 Å². The van der Waals surface area contributed by atoms with Crippen molar-refractivity contribution >= 4 is 17.5 Å². The molecule has 6 nitrogen and oxygen atoms in total. The van der Waals surface area contributed by atoms with Crippen LogP contribution in [-0.2, 0) is 11.2 Å². The quantitative estimate of drug-likeness (QED) is 0.654. The summed E-state index contributed by atoms with van der Waals surface area (Å²) in [5.41, 5.74) is 2.67. The molecular weight excluding hydrogens is 290 g/mol. The van der Waals surface area contributed by atoms with Crippen LogP contribution in [0.3, 0.4) is 0 Å². The average molecular weight is 307 g/mol. The second kappa shape index (κ2) is 7.71. The van der Waals surface area contributed by atoms with Crippen LogP contribution in [0.4, 0.5) is 11.6 Å². The number of anilines is 2. The van der Waals surface area contributed by atoms with E-state index < -0.39 is 5.91 Å². The third-order valence-electron chi connectivity index (χ3n) is 3.25. The molecule has 1 heterocycles. The minimum atomic E-state index is -0.472. The predicted molar refractivity (Wildman–Crippen MR) is 88.5 cm³/mol. The zero-order valence-electron chi connectivity index (χ0n) is 13.0. The lowest BCUT2D eigenvalue weighted by Crippen LogP contribution is -2.16. The molecule has 0 aliphatic carbocycles. The number of aromatic nitrogens is 2. The molecule has 0 spiro atoms. The molecule has 0 unspecified atom stereocenters. The molecule has 23 heavy (non-hydrogen) atoms. The van der Waals surface area contributed by atoms with Crippen molar-refractivity contribution in [3.8, 4) is 6.07 Å². The highest BCUT2D eigenvalue weighted by Gasteiger charge is 2.13. The first kappa shape index (κ1) is 16.2. The van der Waals surface area contributed by atoms with Gasteiger partial charge in [0.25, 0.3) is 5.91 Å². The lowest BCUT2D eigenvalue weighted by Gasteiger charge is -2.12. The smallest absolute Gasteiger partial charge is 0.267 e. The van der Waals surface area contributed by atoms with E-state index in [1.807, 2.05) is 38.1 Å². The Balaban J connectivity index is 2.17. The first-order valence-corrected chi connectivity index (χ1v) is 7.19. The minimum Gasteiger partial charge on any atom is -0.329 e. The molecule has 0 aliphatic heterocycles. The largest absolute Gasteiger partial charge is 0.329 e. The van der Waals surface area contributed by atoms with Crippen molar-refractivity contribution < 1.29 is 4.79 Å². The third-order valence-corrected chi connectivity index (χ3v) is 3.25. The molecule has 2 rings (SSSR count). The number of hydrogen-bond donors (Lipinski definition) is 2. The van der Waals surface area contributed by atoms with Gasteiger partial charge in [0.1, 0.15) is 11.6 Å². The van der Waals surface area contributed by atoms with E-state index in [0.29, 0.717) is 5.95 Å². The van der Waals surface area contributed by atoms with Crippen molar-refractivity contribution in [2.45, 2.75) is 20.3 Å². The van der Waals surface area contributed by atoms with E-state index in [0.717, 1.165) is 23.2 Å². The topological polar surface area (TPSA) is 90.7 Å². The van der Waals surface area contributed by atoms with E-state index in [1.165, 1.54) is 6.20 Å². The van der Waals surface area contributed by atoms with Crippen LogP contribution in [0.1, 0.15) is 18.1 Å². The number of carbonyl (C=O) groups excluding carboxylic acids is 1. The van der Waals surface area contributed by atoms with Crippen molar-refractivity contribution in [1.29, 1.82) is 5.26 Å². The van der Waals surface area contributed by atoms with Gasteiger partial charge in [0.2, 0.25) is 5.95 Å². The van der Waals surface area contributed by atoms with Gasteiger partial charge in [-0.2, -0.15) is 5.26 Å². The summed E-state index contributed by atoms with van der Waals surface area (Å²) in [6.07, 6.45) is 5.22. The SMILES string of the molecule is CCc1cccc(C)c1NC(=O)/C(C#N)=C\Nc1ncccn1. The first-order chi connectivity index (χ1) is 11.2. The van der Waals surface area contributed by atoms with Gasteiger partial charge in [0.05, 0.1) is 0 Å². The minimum absolute atomic E-state index is 0.0530. The van der Waals surface area contributed by atoms with Crippen molar-refractivity contribution in [1.82, 2.24) is 9.97 Å². The summed E-state index contributed by atoms with van der Waals surface area (Å²) in [7, 11) is 0. The molecule has 0 bridgehead atoms. The van der Waals surface area contributed by atoms with Gasteiger partial charge in [0.15, 0.2) is 0 Å². The van der Waals surface area contributed by atoms with Crippen LogP contribution in [0.25, 0.3) is 0 Å². The Labute approximate surface area is 134 Å².